The molecule has 2 rings (SSSR count). The van der Waals surface area contributed by atoms with Gasteiger partial charge in [-0.2, -0.15) is 0 Å². The van der Waals surface area contributed by atoms with Gasteiger partial charge in [0.15, 0.2) is 0 Å². The molecule has 1 aliphatic heterocycles. The molecule has 0 bridgehead atoms. The maximum Gasteiger partial charge on any atom is 0.230 e. The summed E-state index contributed by atoms with van der Waals surface area (Å²) in [5.41, 5.74) is 2.45. The van der Waals surface area contributed by atoms with Crippen LogP contribution < -0.4 is 4.90 Å². The molecule has 0 aliphatic carbocycles. The molecular formula is C17H25NO. The Morgan fingerprint density at radius 1 is 1.37 bits per heavy atom. The molecule has 2 heteroatoms. The van der Waals surface area contributed by atoms with Crippen LogP contribution >= 0.6 is 0 Å². The van der Waals surface area contributed by atoms with Crippen molar-refractivity contribution in [3.05, 3.63) is 29.8 Å². The van der Waals surface area contributed by atoms with Crippen LogP contribution in [-0.2, 0) is 11.2 Å². The van der Waals surface area contributed by atoms with E-state index in [2.05, 4.69) is 39.0 Å². The third kappa shape index (κ3) is 2.83. The lowest BCUT2D eigenvalue weighted by Gasteiger charge is -2.27. The summed E-state index contributed by atoms with van der Waals surface area (Å²) in [6.45, 7) is 6.47. The van der Waals surface area contributed by atoms with Crippen LogP contribution in [0.2, 0.25) is 0 Å². The van der Waals surface area contributed by atoms with Gasteiger partial charge in [-0.25, -0.2) is 0 Å². The van der Waals surface area contributed by atoms with Crippen LogP contribution in [0, 0.1) is 5.92 Å². The van der Waals surface area contributed by atoms with Crippen LogP contribution in [0.5, 0.6) is 0 Å². The first kappa shape index (κ1) is 14.1. The zero-order valence-electron chi connectivity index (χ0n) is 12.4. The maximum atomic E-state index is 12.8. The zero-order valence-corrected chi connectivity index (χ0v) is 12.4. The molecule has 0 saturated heterocycles. The van der Waals surface area contributed by atoms with Gasteiger partial charge in [-0.1, -0.05) is 44.9 Å². The van der Waals surface area contributed by atoms with Gasteiger partial charge in [-0.3, -0.25) is 4.79 Å². The first-order chi connectivity index (χ1) is 9.19. The number of anilines is 1. The number of hydrogen-bond acceptors (Lipinski definition) is 1. The highest BCUT2D eigenvalue weighted by molar-refractivity contribution is 5.97. The number of carbonyl (C=O) groups is 1. The first-order valence-electron chi connectivity index (χ1n) is 7.60. The van der Waals surface area contributed by atoms with E-state index in [1.165, 1.54) is 5.56 Å². The van der Waals surface area contributed by atoms with Crippen LogP contribution in [-0.4, -0.2) is 11.9 Å². The van der Waals surface area contributed by atoms with Gasteiger partial charge in [-0.05, 0) is 37.8 Å². The minimum atomic E-state index is 0.188. The summed E-state index contributed by atoms with van der Waals surface area (Å²) in [6, 6.07) is 8.63. The van der Waals surface area contributed by atoms with Gasteiger partial charge in [0.25, 0.3) is 0 Å². The number of nitrogens with zero attached hydrogens (tertiary/aromatic N) is 1. The van der Waals surface area contributed by atoms with Gasteiger partial charge in [0.1, 0.15) is 0 Å². The van der Waals surface area contributed by atoms with E-state index in [1.54, 1.807) is 0 Å². The van der Waals surface area contributed by atoms with E-state index >= 15 is 0 Å². The molecule has 0 radical (unpaired) electrons. The van der Waals surface area contributed by atoms with E-state index in [0.717, 1.165) is 37.8 Å². The molecule has 1 aromatic carbocycles. The molecular weight excluding hydrogens is 234 g/mol. The lowest BCUT2D eigenvalue weighted by molar-refractivity contribution is -0.123. The minimum absolute atomic E-state index is 0.188. The quantitative estimate of drug-likeness (QED) is 0.776. The van der Waals surface area contributed by atoms with Crippen molar-refractivity contribution in [2.45, 2.75) is 58.9 Å². The Labute approximate surface area is 116 Å². The van der Waals surface area contributed by atoms with Gasteiger partial charge in [0.2, 0.25) is 5.91 Å². The molecule has 1 aliphatic rings. The predicted octanol–water partition coefficient (Wildman–Crippen LogP) is 4.18. The van der Waals surface area contributed by atoms with Crippen LogP contribution in [0.15, 0.2) is 24.3 Å². The van der Waals surface area contributed by atoms with Crippen molar-refractivity contribution in [2.24, 2.45) is 5.92 Å². The standard InChI is InChI=1S/C17H25NO/c1-4-6-9-14(5-2)17(19)18-13(3)12-15-10-7-8-11-16(15)18/h7-8,10-11,13-14H,4-6,9,12H2,1-3H3. The fraction of sp³-hybridized carbons (Fsp3) is 0.588. The Morgan fingerprint density at radius 2 is 2.11 bits per heavy atom. The summed E-state index contributed by atoms with van der Waals surface area (Å²) in [5.74, 6) is 0.516. The minimum Gasteiger partial charge on any atom is -0.309 e. The highest BCUT2D eigenvalue weighted by Gasteiger charge is 2.33. The summed E-state index contributed by atoms with van der Waals surface area (Å²) in [5, 5.41) is 0. The molecule has 1 aromatic rings. The molecule has 2 unspecified atom stereocenters. The Balaban J connectivity index is 2.18. The van der Waals surface area contributed by atoms with Crippen molar-refractivity contribution < 1.29 is 4.79 Å². The van der Waals surface area contributed by atoms with Crippen molar-refractivity contribution in [3.63, 3.8) is 0 Å². The highest BCUT2D eigenvalue weighted by atomic mass is 16.2. The average molecular weight is 259 g/mol. The van der Waals surface area contributed by atoms with Gasteiger partial charge in [0.05, 0.1) is 0 Å². The maximum absolute atomic E-state index is 12.8. The summed E-state index contributed by atoms with van der Waals surface area (Å²) in [4.78, 5) is 14.8. The van der Waals surface area contributed by atoms with E-state index in [1.807, 2.05) is 11.0 Å². The molecule has 0 saturated carbocycles. The fourth-order valence-electron chi connectivity index (χ4n) is 3.05. The molecule has 2 atom stereocenters. The number of amides is 1. The van der Waals surface area contributed by atoms with Crippen molar-refractivity contribution in [1.29, 1.82) is 0 Å². The number of benzene rings is 1. The second kappa shape index (κ2) is 6.23. The number of hydrogen-bond donors (Lipinski definition) is 0. The Kier molecular flexibility index (Phi) is 4.62. The third-order valence-corrected chi connectivity index (χ3v) is 4.19. The van der Waals surface area contributed by atoms with Gasteiger partial charge in [-0.15, -0.1) is 0 Å². The molecule has 0 aromatic heterocycles. The molecule has 0 N–H and O–H groups in total. The number of unbranched alkanes of at least 4 members (excludes halogenated alkanes) is 1. The Morgan fingerprint density at radius 3 is 2.79 bits per heavy atom. The van der Waals surface area contributed by atoms with Crippen molar-refractivity contribution >= 4 is 11.6 Å². The summed E-state index contributed by atoms with van der Waals surface area (Å²) in [7, 11) is 0. The number of carbonyl (C=O) groups excluding carboxylic acids is 1. The monoisotopic (exact) mass is 259 g/mol. The van der Waals surface area contributed by atoms with Gasteiger partial charge < -0.3 is 4.90 Å². The number of fused-ring (bicyclic) bond motifs is 1. The van der Waals surface area contributed by atoms with E-state index in [9.17, 15) is 4.79 Å². The van der Waals surface area contributed by atoms with Gasteiger partial charge >= 0.3 is 0 Å². The van der Waals surface area contributed by atoms with E-state index in [4.69, 9.17) is 0 Å². The summed E-state index contributed by atoms with van der Waals surface area (Å²) >= 11 is 0. The molecule has 2 nitrogen and oxygen atoms in total. The van der Waals surface area contributed by atoms with Crippen LogP contribution in [0.3, 0.4) is 0 Å². The van der Waals surface area contributed by atoms with E-state index in [-0.39, 0.29) is 5.92 Å². The SMILES string of the molecule is CCCCC(CC)C(=O)N1c2ccccc2CC1C. The number of para-hydroxylation sites is 1. The first-order valence-corrected chi connectivity index (χ1v) is 7.60. The van der Waals surface area contributed by atoms with Crippen LogP contribution in [0.1, 0.15) is 52.0 Å². The predicted molar refractivity (Wildman–Crippen MR) is 80.4 cm³/mol. The third-order valence-electron chi connectivity index (χ3n) is 4.19. The van der Waals surface area contributed by atoms with Gasteiger partial charge in [0, 0.05) is 17.6 Å². The summed E-state index contributed by atoms with van der Waals surface area (Å²) < 4.78 is 0. The van der Waals surface area contributed by atoms with E-state index < -0.39 is 0 Å². The smallest absolute Gasteiger partial charge is 0.230 e. The molecule has 104 valence electrons. The average Bonchev–Trinajstić information content (AvgIpc) is 2.75. The van der Waals surface area contributed by atoms with Crippen molar-refractivity contribution in [3.8, 4) is 0 Å². The van der Waals surface area contributed by atoms with Crippen molar-refractivity contribution in [1.82, 2.24) is 0 Å². The van der Waals surface area contributed by atoms with E-state index in [0.29, 0.717) is 11.9 Å². The second-order valence-electron chi connectivity index (χ2n) is 5.64. The van der Waals surface area contributed by atoms with Crippen LogP contribution in [0.25, 0.3) is 0 Å². The van der Waals surface area contributed by atoms with Crippen molar-refractivity contribution in [2.75, 3.05) is 4.90 Å². The lowest BCUT2D eigenvalue weighted by Crippen LogP contribution is -2.40. The molecule has 1 amide bonds. The van der Waals surface area contributed by atoms with Crippen LogP contribution in [0.4, 0.5) is 5.69 Å². The molecule has 0 spiro atoms. The fourth-order valence-corrected chi connectivity index (χ4v) is 3.05. The second-order valence-corrected chi connectivity index (χ2v) is 5.64. The molecule has 19 heavy (non-hydrogen) atoms. The topological polar surface area (TPSA) is 20.3 Å². The summed E-state index contributed by atoms with van der Waals surface area (Å²) in [6.07, 6.45) is 5.28. The lowest BCUT2D eigenvalue weighted by atomic mass is 9.97. The largest absolute Gasteiger partial charge is 0.309 e. The molecule has 0 fully saturated rings. The Bertz CT molecular complexity index is 441. The normalized spacial score (nSPS) is 19.3. The zero-order chi connectivity index (χ0) is 13.8. The number of rotatable bonds is 5. The Hall–Kier alpha value is -1.31. The molecule has 1 heterocycles. The highest BCUT2D eigenvalue weighted by Crippen LogP contribution is 2.34.